The number of ether oxygens (including phenoxy) is 2. The fraction of sp³-hybridized carbons (Fsp3) is 0.273. The van der Waals surface area contributed by atoms with Gasteiger partial charge in [-0.3, -0.25) is 4.57 Å². The van der Waals surface area contributed by atoms with Crippen molar-refractivity contribution in [2.45, 2.75) is 32.9 Å². The molecular weight excluding hydrogens is 542 g/mol. The quantitative estimate of drug-likeness (QED) is 0.268. The number of anilines is 2. The molecule has 43 heavy (non-hydrogen) atoms. The van der Waals surface area contributed by atoms with E-state index in [1.165, 1.54) is 0 Å². The van der Waals surface area contributed by atoms with Crippen molar-refractivity contribution in [1.29, 1.82) is 0 Å². The topological polar surface area (TPSA) is 120 Å². The number of rotatable bonds is 6. The number of hydrogen-bond acceptors (Lipinski definition) is 8. The molecule has 6 rings (SSSR count). The number of amides is 1. The Kier molecular flexibility index (Phi) is 7.69. The predicted octanol–water partition coefficient (Wildman–Crippen LogP) is 5.59. The van der Waals surface area contributed by atoms with E-state index in [4.69, 9.17) is 25.2 Å². The number of aromatic nitrogens is 4. The van der Waals surface area contributed by atoms with Gasteiger partial charge in [0.05, 0.1) is 24.5 Å². The summed E-state index contributed by atoms with van der Waals surface area (Å²) in [5.41, 5.74) is 12.7. The molecule has 0 atom stereocenters. The molecule has 1 fully saturated rings. The number of nitrogens with one attached hydrogen (secondary N) is 1. The standard InChI is InChI=1S/C33H35N7O3/c1-33(2,3)43-32(41)36-21-22-9-11-24(12-10-22)40-30(26-8-5-15-35-29(26)34)38-28-14-13-27(37-31(28)40)23-6-4-7-25(20-23)39-16-18-42-19-17-39/h4-15,20H,16-19,21H2,1-3H3,(H2,34,35)(H,36,41). The van der Waals surface area contributed by atoms with Gasteiger partial charge >= 0.3 is 6.09 Å². The molecule has 3 aromatic heterocycles. The van der Waals surface area contributed by atoms with Gasteiger partial charge in [0.2, 0.25) is 0 Å². The van der Waals surface area contributed by atoms with Crippen LogP contribution in [0.1, 0.15) is 26.3 Å². The van der Waals surface area contributed by atoms with Crippen LogP contribution >= 0.6 is 0 Å². The lowest BCUT2D eigenvalue weighted by Gasteiger charge is -2.29. The second-order valence-corrected chi connectivity index (χ2v) is 11.4. The van der Waals surface area contributed by atoms with Crippen LogP contribution in [0.2, 0.25) is 0 Å². The Balaban J connectivity index is 1.38. The number of nitrogens with two attached hydrogens (primary N) is 1. The smallest absolute Gasteiger partial charge is 0.407 e. The first-order valence-corrected chi connectivity index (χ1v) is 14.3. The lowest BCUT2D eigenvalue weighted by atomic mass is 10.1. The Morgan fingerprint density at radius 3 is 2.51 bits per heavy atom. The number of benzene rings is 2. The van der Waals surface area contributed by atoms with Crippen LogP contribution in [0, 0.1) is 0 Å². The molecule has 10 heteroatoms. The first kappa shape index (κ1) is 28.2. The zero-order valence-electron chi connectivity index (χ0n) is 24.6. The normalized spacial score (nSPS) is 13.7. The molecule has 0 unspecified atom stereocenters. The van der Waals surface area contributed by atoms with Crippen LogP contribution in [0.15, 0.2) is 79.0 Å². The van der Waals surface area contributed by atoms with Crippen molar-refractivity contribution in [3.8, 4) is 28.3 Å². The van der Waals surface area contributed by atoms with Crippen LogP contribution in [0.5, 0.6) is 0 Å². The molecule has 1 amide bonds. The van der Waals surface area contributed by atoms with Crippen molar-refractivity contribution in [2.75, 3.05) is 36.9 Å². The largest absolute Gasteiger partial charge is 0.444 e. The van der Waals surface area contributed by atoms with E-state index < -0.39 is 11.7 Å². The number of carbonyl (C=O) groups excluding carboxylic acids is 1. The molecule has 5 aromatic rings. The van der Waals surface area contributed by atoms with Crippen molar-refractivity contribution in [3.05, 3.63) is 84.6 Å². The Morgan fingerprint density at radius 1 is 0.977 bits per heavy atom. The number of hydrogen-bond donors (Lipinski definition) is 2. The third kappa shape index (κ3) is 6.29. The fourth-order valence-corrected chi connectivity index (χ4v) is 5.08. The summed E-state index contributed by atoms with van der Waals surface area (Å²) in [6.45, 7) is 9.03. The van der Waals surface area contributed by atoms with Crippen LogP contribution in [0.3, 0.4) is 0 Å². The highest BCUT2D eigenvalue weighted by molar-refractivity contribution is 5.85. The summed E-state index contributed by atoms with van der Waals surface area (Å²) in [5.74, 6) is 1.03. The molecule has 1 saturated heterocycles. The number of imidazole rings is 1. The van der Waals surface area contributed by atoms with Crippen molar-refractivity contribution >= 4 is 28.8 Å². The summed E-state index contributed by atoms with van der Waals surface area (Å²) in [5, 5.41) is 2.81. The Morgan fingerprint density at radius 2 is 1.77 bits per heavy atom. The SMILES string of the molecule is CC(C)(C)OC(=O)NCc1ccc(-n2c(-c3cccnc3N)nc3ccc(-c4cccc(N5CCOCC5)c4)nc32)cc1. The maximum atomic E-state index is 12.1. The van der Waals surface area contributed by atoms with Gasteiger partial charge in [-0.2, -0.15) is 0 Å². The monoisotopic (exact) mass is 577 g/mol. The first-order valence-electron chi connectivity index (χ1n) is 14.3. The van der Waals surface area contributed by atoms with Crippen molar-refractivity contribution in [3.63, 3.8) is 0 Å². The first-order chi connectivity index (χ1) is 20.7. The summed E-state index contributed by atoms with van der Waals surface area (Å²) < 4.78 is 12.9. The number of morpholine rings is 1. The van der Waals surface area contributed by atoms with Gasteiger partial charge in [-0.25, -0.2) is 19.7 Å². The van der Waals surface area contributed by atoms with Gasteiger partial charge in [-0.05, 0) is 74.9 Å². The lowest BCUT2D eigenvalue weighted by molar-refractivity contribution is 0.0523. The summed E-state index contributed by atoms with van der Waals surface area (Å²) >= 11 is 0. The summed E-state index contributed by atoms with van der Waals surface area (Å²) in [6.07, 6.45) is 1.21. The number of fused-ring (bicyclic) bond motifs is 1. The van der Waals surface area contributed by atoms with Gasteiger partial charge in [-0.15, -0.1) is 0 Å². The number of nitrogens with zero attached hydrogens (tertiary/aromatic N) is 5. The zero-order chi connectivity index (χ0) is 30.0. The van der Waals surface area contributed by atoms with E-state index in [1.807, 2.05) is 73.9 Å². The molecule has 1 aliphatic heterocycles. The van der Waals surface area contributed by atoms with E-state index in [9.17, 15) is 4.79 Å². The van der Waals surface area contributed by atoms with Gasteiger partial charge in [0, 0.05) is 42.8 Å². The van der Waals surface area contributed by atoms with Crippen LogP contribution < -0.4 is 16.0 Å². The summed E-state index contributed by atoms with van der Waals surface area (Å²) in [7, 11) is 0. The molecule has 0 bridgehead atoms. The van der Waals surface area contributed by atoms with Gasteiger partial charge < -0.3 is 25.4 Å². The number of alkyl carbamates (subject to hydrolysis) is 1. The third-order valence-corrected chi connectivity index (χ3v) is 7.13. The van der Waals surface area contributed by atoms with Gasteiger partial charge in [0.15, 0.2) is 11.5 Å². The third-order valence-electron chi connectivity index (χ3n) is 7.13. The maximum absolute atomic E-state index is 12.1. The predicted molar refractivity (Wildman–Crippen MR) is 168 cm³/mol. The molecule has 1 aliphatic rings. The highest BCUT2D eigenvalue weighted by Crippen LogP contribution is 2.32. The van der Waals surface area contributed by atoms with Gasteiger partial charge in [0.25, 0.3) is 0 Å². The Bertz CT molecular complexity index is 1750. The Labute approximate surface area is 250 Å². The molecule has 0 saturated carbocycles. The molecule has 220 valence electrons. The molecule has 10 nitrogen and oxygen atoms in total. The number of pyridine rings is 2. The van der Waals surface area contributed by atoms with E-state index >= 15 is 0 Å². The lowest BCUT2D eigenvalue weighted by Crippen LogP contribution is -2.36. The average molecular weight is 578 g/mol. The van der Waals surface area contributed by atoms with Crippen LogP contribution in [-0.4, -0.2) is 57.5 Å². The minimum Gasteiger partial charge on any atom is -0.444 e. The number of nitrogen functional groups attached to an aromatic ring is 1. The summed E-state index contributed by atoms with van der Waals surface area (Å²) in [6, 6.07) is 24.1. The van der Waals surface area contributed by atoms with Crippen LogP contribution in [0.25, 0.3) is 39.5 Å². The van der Waals surface area contributed by atoms with E-state index in [-0.39, 0.29) is 0 Å². The molecular formula is C33H35N7O3. The second-order valence-electron chi connectivity index (χ2n) is 11.4. The van der Waals surface area contributed by atoms with Crippen LogP contribution in [0.4, 0.5) is 16.3 Å². The van der Waals surface area contributed by atoms with Crippen molar-refractivity contribution < 1.29 is 14.3 Å². The summed E-state index contributed by atoms with van der Waals surface area (Å²) in [4.78, 5) is 28.8. The van der Waals surface area contributed by atoms with E-state index in [0.29, 0.717) is 29.4 Å². The van der Waals surface area contributed by atoms with Crippen molar-refractivity contribution in [2.24, 2.45) is 0 Å². The number of carbonyl (C=O) groups is 1. The zero-order valence-corrected chi connectivity index (χ0v) is 24.6. The average Bonchev–Trinajstić information content (AvgIpc) is 3.39. The molecule has 2 aromatic carbocycles. The van der Waals surface area contributed by atoms with E-state index in [2.05, 4.69) is 39.5 Å². The highest BCUT2D eigenvalue weighted by atomic mass is 16.6. The van der Waals surface area contributed by atoms with E-state index in [1.54, 1.807) is 6.20 Å². The molecule has 3 N–H and O–H groups in total. The minimum absolute atomic E-state index is 0.337. The van der Waals surface area contributed by atoms with Crippen LogP contribution in [-0.2, 0) is 16.0 Å². The molecule has 4 heterocycles. The molecule has 0 aliphatic carbocycles. The fourth-order valence-electron chi connectivity index (χ4n) is 5.08. The van der Waals surface area contributed by atoms with Crippen molar-refractivity contribution in [1.82, 2.24) is 24.8 Å². The second kappa shape index (κ2) is 11.7. The van der Waals surface area contributed by atoms with E-state index in [0.717, 1.165) is 60.0 Å². The minimum atomic E-state index is -0.559. The van der Waals surface area contributed by atoms with Gasteiger partial charge in [-0.1, -0.05) is 24.3 Å². The molecule has 0 radical (unpaired) electrons. The Hall–Kier alpha value is -4.96. The molecule has 0 spiro atoms. The highest BCUT2D eigenvalue weighted by Gasteiger charge is 2.20. The maximum Gasteiger partial charge on any atom is 0.407 e. The van der Waals surface area contributed by atoms with Gasteiger partial charge in [0.1, 0.15) is 16.9 Å².